The third kappa shape index (κ3) is 5.38. The summed E-state index contributed by atoms with van der Waals surface area (Å²) in [4.78, 5) is 16.6. The molecule has 4 rings (SSSR count). The molecule has 2 aliphatic rings. The van der Waals surface area contributed by atoms with Gasteiger partial charge in [-0.1, -0.05) is 6.92 Å². The topological polar surface area (TPSA) is 77.6 Å². The fourth-order valence-electron chi connectivity index (χ4n) is 5.18. The lowest BCUT2D eigenvalue weighted by Crippen LogP contribution is -2.33. The molecule has 2 fully saturated rings. The zero-order valence-electron chi connectivity index (χ0n) is 18.1. The van der Waals surface area contributed by atoms with Crippen LogP contribution in [0.4, 0.5) is 18.9 Å². The van der Waals surface area contributed by atoms with Crippen LogP contribution in [0.5, 0.6) is 5.75 Å². The number of hydrogen-bond acceptors (Lipinski definition) is 4. The summed E-state index contributed by atoms with van der Waals surface area (Å²) < 4.78 is 43.8. The minimum absolute atomic E-state index is 0.339. The number of aromatic nitrogens is 1. The molecule has 2 aromatic rings. The number of aliphatic hydroxyl groups excluding tert-OH is 1. The standard InChI is InChI=1S/C23H30F3N3O3/c1-2-21(30)22(31)28-20-10-27-19-4-3-17(9-18(19)20)32-6-5-14-7-15-11-29(12-16(15)8-14)13-23(24,25)26/h3-4,9-10,14-16,21,27,30H,2,5-8,11-13H2,1H3,(H,28,31)/t14?,15-,16+,21-/m0/s1. The fraction of sp³-hybridized carbons (Fsp3) is 0.609. The largest absolute Gasteiger partial charge is 0.494 e. The van der Waals surface area contributed by atoms with Crippen molar-refractivity contribution in [1.82, 2.24) is 9.88 Å². The van der Waals surface area contributed by atoms with Gasteiger partial charge < -0.3 is 20.1 Å². The van der Waals surface area contributed by atoms with E-state index in [2.05, 4.69) is 10.3 Å². The van der Waals surface area contributed by atoms with Crippen molar-refractivity contribution in [2.45, 2.75) is 44.9 Å². The van der Waals surface area contributed by atoms with Gasteiger partial charge >= 0.3 is 6.18 Å². The Bertz CT molecular complexity index is 931. The van der Waals surface area contributed by atoms with E-state index in [9.17, 15) is 23.1 Å². The van der Waals surface area contributed by atoms with Crippen molar-refractivity contribution in [3.63, 3.8) is 0 Å². The summed E-state index contributed by atoms with van der Waals surface area (Å²) in [6.07, 6.45) is -0.329. The maximum Gasteiger partial charge on any atom is 0.401 e. The van der Waals surface area contributed by atoms with Gasteiger partial charge in [0.05, 0.1) is 18.8 Å². The Balaban J connectivity index is 1.27. The van der Waals surface area contributed by atoms with Gasteiger partial charge in [0, 0.05) is 30.2 Å². The summed E-state index contributed by atoms with van der Waals surface area (Å²) >= 11 is 0. The Kier molecular flexibility index (Phi) is 6.67. The van der Waals surface area contributed by atoms with Crippen LogP contribution >= 0.6 is 0 Å². The van der Waals surface area contributed by atoms with Crippen molar-refractivity contribution < 1.29 is 27.8 Å². The van der Waals surface area contributed by atoms with Gasteiger partial charge in [-0.3, -0.25) is 9.69 Å². The first-order chi connectivity index (χ1) is 15.2. The van der Waals surface area contributed by atoms with Crippen molar-refractivity contribution in [1.29, 1.82) is 0 Å². The molecule has 6 nitrogen and oxygen atoms in total. The Morgan fingerprint density at radius 1 is 1.31 bits per heavy atom. The molecule has 1 aromatic heterocycles. The lowest BCUT2D eigenvalue weighted by molar-refractivity contribution is -0.144. The molecule has 1 saturated heterocycles. The molecule has 1 aliphatic carbocycles. The molecule has 176 valence electrons. The maximum absolute atomic E-state index is 12.6. The van der Waals surface area contributed by atoms with E-state index in [1.165, 1.54) is 0 Å². The van der Waals surface area contributed by atoms with Gasteiger partial charge in [0.25, 0.3) is 5.91 Å². The highest BCUT2D eigenvalue weighted by Crippen LogP contribution is 2.43. The van der Waals surface area contributed by atoms with Gasteiger partial charge in [-0.2, -0.15) is 13.2 Å². The molecular weight excluding hydrogens is 423 g/mol. The average molecular weight is 454 g/mol. The number of carbonyl (C=O) groups is 1. The summed E-state index contributed by atoms with van der Waals surface area (Å²) in [7, 11) is 0. The van der Waals surface area contributed by atoms with E-state index in [4.69, 9.17) is 4.74 Å². The van der Waals surface area contributed by atoms with Gasteiger partial charge in [-0.15, -0.1) is 0 Å². The SMILES string of the molecule is CC[C@H](O)C(=O)Nc1c[nH]c2ccc(OCCC3C[C@@H]4CN(CC(F)(F)F)C[C@@H]4C3)cc12. The molecule has 1 unspecified atom stereocenters. The monoisotopic (exact) mass is 453 g/mol. The first-order valence-electron chi connectivity index (χ1n) is 11.2. The van der Waals surface area contributed by atoms with Crippen LogP contribution in [-0.4, -0.2) is 59.4 Å². The van der Waals surface area contributed by atoms with Crippen molar-refractivity contribution in [2.24, 2.45) is 17.8 Å². The Morgan fingerprint density at radius 2 is 2.03 bits per heavy atom. The van der Waals surface area contributed by atoms with Crippen molar-refractivity contribution in [3.8, 4) is 5.75 Å². The molecule has 0 bridgehead atoms. The lowest BCUT2D eigenvalue weighted by Gasteiger charge is -2.20. The number of benzene rings is 1. The first kappa shape index (κ1) is 22.9. The van der Waals surface area contributed by atoms with E-state index in [-0.39, 0.29) is 0 Å². The molecule has 32 heavy (non-hydrogen) atoms. The molecule has 0 spiro atoms. The van der Waals surface area contributed by atoms with Crippen LogP contribution in [0.25, 0.3) is 10.9 Å². The minimum Gasteiger partial charge on any atom is -0.494 e. The number of aromatic amines is 1. The number of rotatable bonds is 8. The first-order valence-corrected chi connectivity index (χ1v) is 11.2. The minimum atomic E-state index is -4.12. The molecule has 0 radical (unpaired) electrons. The molecule has 4 atom stereocenters. The van der Waals surface area contributed by atoms with E-state index in [0.717, 1.165) is 30.2 Å². The number of H-pyrrole nitrogens is 1. The van der Waals surface area contributed by atoms with E-state index >= 15 is 0 Å². The second-order valence-corrected chi connectivity index (χ2v) is 9.13. The number of alkyl halides is 3. The highest BCUT2D eigenvalue weighted by molar-refractivity contribution is 6.03. The molecule has 2 heterocycles. The van der Waals surface area contributed by atoms with Crippen molar-refractivity contribution in [3.05, 3.63) is 24.4 Å². The van der Waals surface area contributed by atoms with Crippen LogP contribution in [-0.2, 0) is 4.79 Å². The van der Waals surface area contributed by atoms with Crippen molar-refractivity contribution >= 4 is 22.5 Å². The van der Waals surface area contributed by atoms with E-state index in [1.807, 2.05) is 18.2 Å². The Hall–Kier alpha value is -2.26. The van der Waals surface area contributed by atoms with E-state index < -0.39 is 24.7 Å². The van der Waals surface area contributed by atoms with Crippen LogP contribution in [0.1, 0.15) is 32.6 Å². The lowest BCUT2D eigenvalue weighted by atomic mass is 10.0. The van der Waals surface area contributed by atoms with Gasteiger partial charge in [-0.05, 0) is 61.6 Å². The van der Waals surface area contributed by atoms with Crippen LogP contribution in [0.2, 0.25) is 0 Å². The highest BCUT2D eigenvalue weighted by Gasteiger charge is 2.43. The number of nitrogens with one attached hydrogen (secondary N) is 2. The zero-order valence-corrected chi connectivity index (χ0v) is 18.1. The molecular formula is C23H30F3N3O3. The number of halogens is 3. The third-order valence-electron chi connectivity index (χ3n) is 6.72. The molecule has 1 aliphatic heterocycles. The van der Waals surface area contributed by atoms with Crippen LogP contribution in [0.15, 0.2) is 24.4 Å². The van der Waals surface area contributed by atoms with Crippen LogP contribution in [0, 0.1) is 17.8 Å². The number of likely N-dealkylation sites (tertiary alicyclic amines) is 1. The number of nitrogens with zero attached hydrogens (tertiary/aromatic N) is 1. The van der Waals surface area contributed by atoms with Crippen molar-refractivity contribution in [2.75, 3.05) is 31.6 Å². The third-order valence-corrected chi connectivity index (χ3v) is 6.72. The summed E-state index contributed by atoms with van der Waals surface area (Å²) in [5, 5.41) is 13.2. The summed E-state index contributed by atoms with van der Waals surface area (Å²) in [6, 6.07) is 5.60. The second kappa shape index (κ2) is 9.31. The number of ether oxygens (including phenoxy) is 1. The molecule has 1 amide bonds. The summed E-state index contributed by atoms with van der Waals surface area (Å²) in [5.74, 6) is 1.46. The number of fused-ring (bicyclic) bond motifs is 2. The Morgan fingerprint density at radius 3 is 2.69 bits per heavy atom. The van der Waals surface area contributed by atoms with Gasteiger partial charge in [0.15, 0.2) is 0 Å². The number of amides is 1. The smallest absolute Gasteiger partial charge is 0.401 e. The van der Waals surface area contributed by atoms with E-state index in [1.54, 1.807) is 18.0 Å². The van der Waals surface area contributed by atoms with E-state index in [0.29, 0.717) is 55.3 Å². The predicted octanol–water partition coefficient (Wildman–Crippen LogP) is 4.17. The van der Waals surface area contributed by atoms with Crippen LogP contribution in [0.3, 0.4) is 0 Å². The van der Waals surface area contributed by atoms with Gasteiger partial charge in [-0.25, -0.2) is 0 Å². The molecule has 1 saturated carbocycles. The normalized spacial score (nSPS) is 24.6. The van der Waals surface area contributed by atoms with Crippen LogP contribution < -0.4 is 10.1 Å². The molecule has 1 aromatic carbocycles. The quantitative estimate of drug-likeness (QED) is 0.561. The summed E-state index contributed by atoms with van der Waals surface area (Å²) in [6.45, 7) is 2.58. The summed E-state index contributed by atoms with van der Waals surface area (Å²) in [5.41, 5.74) is 1.45. The maximum atomic E-state index is 12.6. The van der Waals surface area contributed by atoms with Gasteiger partial charge in [0.2, 0.25) is 0 Å². The number of anilines is 1. The van der Waals surface area contributed by atoms with Gasteiger partial charge in [0.1, 0.15) is 11.9 Å². The number of carbonyl (C=O) groups excluding carboxylic acids is 1. The number of hydrogen-bond donors (Lipinski definition) is 3. The predicted molar refractivity (Wildman–Crippen MR) is 116 cm³/mol. The molecule has 9 heteroatoms. The molecule has 3 N–H and O–H groups in total. The zero-order chi connectivity index (χ0) is 22.9. The fourth-order valence-corrected chi connectivity index (χ4v) is 5.18. The highest BCUT2D eigenvalue weighted by atomic mass is 19.4. The number of aliphatic hydroxyl groups is 1. The average Bonchev–Trinajstić information content (AvgIpc) is 3.39. The second-order valence-electron chi connectivity index (χ2n) is 9.13. The Labute approximate surface area is 185 Å².